The summed E-state index contributed by atoms with van der Waals surface area (Å²) in [7, 11) is 1.41. The lowest BCUT2D eigenvalue weighted by Crippen LogP contribution is -2.33. The first kappa shape index (κ1) is 15.5. The van der Waals surface area contributed by atoms with E-state index in [0.717, 1.165) is 6.42 Å². The molecule has 122 valence electrons. The van der Waals surface area contributed by atoms with E-state index in [4.69, 9.17) is 14.6 Å². The number of ether oxygens (including phenoxy) is 2. The van der Waals surface area contributed by atoms with Gasteiger partial charge in [0.05, 0.1) is 19.8 Å². The maximum atomic E-state index is 12.3. The third-order valence-electron chi connectivity index (χ3n) is 4.22. The third kappa shape index (κ3) is 3.34. The average Bonchev–Trinajstić information content (AvgIpc) is 2.95. The average molecular weight is 318 g/mol. The predicted molar refractivity (Wildman–Crippen MR) is 80.6 cm³/mol. The van der Waals surface area contributed by atoms with Crippen molar-refractivity contribution in [3.63, 3.8) is 0 Å². The van der Waals surface area contributed by atoms with Gasteiger partial charge in [-0.3, -0.25) is 4.79 Å². The minimum atomic E-state index is -1.21. The van der Waals surface area contributed by atoms with Crippen molar-refractivity contribution >= 4 is 11.9 Å². The van der Waals surface area contributed by atoms with Gasteiger partial charge < -0.3 is 19.9 Å². The van der Waals surface area contributed by atoms with Gasteiger partial charge in [0.15, 0.2) is 5.69 Å². The number of aromatic carboxylic acids is 1. The normalized spacial score (nSPS) is 25.2. The minimum absolute atomic E-state index is 0.0297. The number of carboxylic acid groups (broad SMARTS) is 1. The Morgan fingerprint density at radius 2 is 2.17 bits per heavy atom. The van der Waals surface area contributed by atoms with Crippen molar-refractivity contribution in [3.05, 3.63) is 35.7 Å². The van der Waals surface area contributed by atoms with E-state index in [1.165, 1.54) is 19.2 Å². The fraction of sp³-hybridized carbons (Fsp3) is 0.438. The van der Waals surface area contributed by atoms with Crippen LogP contribution in [0.3, 0.4) is 0 Å². The lowest BCUT2D eigenvalue weighted by atomic mass is 9.85. The van der Waals surface area contributed by atoms with E-state index in [1.807, 2.05) is 6.08 Å². The van der Waals surface area contributed by atoms with E-state index in [9.17, 15) is 9.59 Å². The van der Waals surface area contributed by atoms with Gasteiger partial charge in [-0.2, -0.15) is 0 Å². The maximum Gasteiger partial charge on any atom is 0.354 e. The Labute approximate surface area is 133 Å². The largest absolute Gasteiger partial charge is 0.497 e. The Bertz CT molecular complexity index is 658. The van der Waals surface area contributed by atoms with Crippen molar-refractivity contribution in [2.45, 2.75) is 12.5 Å². The van der Waals surface area contributed by atoms with Gasteiger partial charge in [0, 0.05) is 18.7 Å². The Morgan fingerprint density at radius 1 is 1.39 bits per heavy atom. The smallest absolute Gasteiger partial charge is 0.354 e. The highest BCUT2D eigenvalue weighted by Gasteiger charge is 2.33. The molecule has 0 saturated carbocycles. The lowest BCUT2D eigenvalue weighted by molar-refractivity contribution is 0.0690. The Hall–Kier alpha value is -2.41. The van der Waals surface area contributed by atoms with E-state index >= 15 is 0 Å². The number of carbonyl (C=O) groups is 2. The maximum absolute atomic E-state index is 12.3. The summed E-state index contributed by atoms with van der Waals surface area (Å²) in [5, 5.41) is 11.9. The van der Waals surface area contributed by atoms with Crippen molar-refractivity contribution in [1.29, 1.82) is 0 Å². The van der Waals surface area contributed by atoms with Crippen LogP contribution in [0.5, 0.6) is 5.75 Å². The van der Waals surface area contributed by atoms with Gasteiger partial charge in [0.25, 0.3) is 5.91 Å². The monoisotopic (exact) mass is 318 g/mol. The molecule has 1 saturated heterocycles. The van der Waals surface area contributed by atoms with Gasteiger partial charge in [0.2, 0.25) is 0 Å². The second-order valence-corrected chi connectivity index (χ2v) is 5.71. The van der Waals surface area contributed by atoms with Crippen molar-refractivity contribution in [2.75, 3.05) is 20.3 Å². The first-order valence-electron chi connectivity index (χ1n) is 7.44. The number of nitrogens with one attached hydrogen (secondary N) is 1. The molecule has 1 aliphatic heterocycles. The third-order valence-corrected chi connectivity index (χ3v) is 4.22. The van der Waals surface area contributed by atoms with Crippen LogP contribution in [0, 0.1) is 11.8 Å². The van der Waals surface area contributed by atoms with Crippen LogP contribution in [0.2, 0.25) is 0 Å². The molecule has 1 aliphatic carbocycles. The number of hydrogen-bond donors (Lipinski definition) is 2. The number of hydrogen-bond acceptors (Lipinski definition) is 5. The van der Waals surface area contributed by atoms with Gasteiger partial charge in [-0.15, -0.1) is 0 Å². The first-order valence-corrected chi connectivity index (χ1v) is 7.44. The Morgan fingerprint density at radius 3 is 2.91 bits per heavy atom. The molecule has 23 heavy (non-hydrogen) atoms. The van der Waals surface area contributed by atoms with Gasteiger partial charge in [0.1, 0.15) is 11.4 Å². The molecule has 7 heteroatoms. The van der Waals surface area contributed by atoms with Gasteiger partial charge in [-0.05, 0) is 18.3 Å². The molecule has 2 bridgehead atoms. The van der Waals surface area contributed by atoms with Crippen LogP contribution in [0.4, 0.5) is 0 Å². The first-order chi connectivity index (χ1) is 11.1. The molecule has 1 amide bonds. The highest BCUT2D eigenvalue weighted by Crippen LogP contribution is 2.32. The fourth-order valence-corrected chi connectivity index (χ4v) is 2.92. The number of nitrogens with zero attached hydrogens (tertiary/aromatic N) is 1. The summed E-state index contributed by atoms with van der Waals surface area (Å²) in [5.41, 5.74) is -0.193. The zero-order chi connectivity index (χ0) is 16.4. The molecule has 0 radical (unpaired) electrons. The van der Waals surface area contributed by atoms with Crippen molar-refractivity contribution in [1.82, 2.24) is 10.3 Å². The summed E-state index contributed by atoms with van der Waals surface area (Å²) >= 11 is 0. The van der Waals surface area contributed by atoms with Crippen LogP contribution in [-0.4, -0.2) is 48.3 Å². The molecule has 0 unspecified atom stereocenters. The Kier molecular flexibility index (Phi) is 4.29. The highest BCUT2D eigenvalue weighted by molar-refractivity contribution is 5.94. The summed E-state index contributed by atoms with van der Waals surface area (Å²) in [6.07, 6.45) is 5.31. The van der Waals surface area contributed by atoms with Crippen LogP contribution < -0.4 is 10.1 Å². The summed E-state index contributed by atoms with van der Waals surface area (Å²) in [6.45, 7) is 1.18. The second kappa shape index (κ2) is 6.37. The van der Waals surface area contributed by atoms with Crippen molar-refractivity contribution in [3.8, 4) is 5.75 Å². The molecule has 1 fully saturated rings. The van der Waals surface area contributed by atoms with Gasteiger partial charge >= 0.3 is 5.97 Å². The molecule has 3 atom stereocenters. The summed E-state index contributed by atoms with van der Waals surface area (Å²) in [6, 6.07) is 2.70. The number of amides is 1. The van der Waals surface area contributed by atoms with E-state index in [0.29, 0.717) is 19.1 Å². The zero-order valence-electron chi connectivity index (χ0n) is 12.7. The summed E-state index contributed by atoms with van der Waals surface area (Å²) in [4.78, 5) is 27.2. The number of carboxylic acids is 1. The van der Waals surface area contributed by atoms with Crippen molar-refractivity contribution in [2.24, 2.45) is 11.8 Å². The fourth-order valence-electron chi connectivity index (χ4n) is 2.92. The van der Waals surface area contributed by atoms with Crippen LogP contribution in [0.15, 0.2) is 24.3 Å². The molecule has 3 rings (SSSR count). The Balaban J connectivity index is 1.68. The van der Waals surface area contributed by atoms with E-state index in [2.05, 4.69) is 16.4 Å². The molecule has 1 aromatic rings. The molecule has 0 spiro atoms. The number of rotatable bonds is 5. The number of aromatic nitrogens is 1. The molecular weight excluding hydrogens is 300 g/mol. The van der Waals surface area contributed by atoms with E-state index in [-0.39, 0.29) is 29.2 Å². The van der Waals surface area contributed by atoms with E-state index < -0.39 is 11.9 Å². The lowest BCUT2D eigenvalue weighted by Gasteiger charge is -2.22. The molecule has 0 aromatic carbocycles. The van der Waals surface area contributed by atoms with Crippen LogP contribution >= 0.6 is 0 Å². The number of pyridine rings is 1. The summed E-state index contributed by atoms with van der Waals surface area (Å²) in [5.74, 6) is -0.698. The van der Waals surface area contributed by atoms with E-state index in [1.54, 1.807) is 0 Å². The molecule has 7 nitrogen and oxygen atoms in total. The van der Waals surface area contributed by atoms with Crippen LogP contribution in [0.1, 0.15) is 27.4 Å². The number of fused-ring (bicyclic) bond motifs is 2. The van der Waals surface area contributed by atoms with Crippen molar-refractivity contribution < 1.29 is 24.2 Å². The van der Waals surface area contributed by atoms with Gasteiger partial charge in [-0.25, -0.2) is 9.78 Å². The SMILES string of the molecule is COc1cc(C(=O)O)nc(C(=O)NC[C@@H]2C=C[C@H]3C[C@@H]2CO3)c1. The molecule has 2 heterocycles. The quantitative estimate of drug-likeness (QED) is 0.789. The zero-order valence-corrected chi connectivity index (χ0v) is 12.7. The summed E-state index contributed by atoms with van der Waals surface area (Å²) < 4.78 is 10.6. The second-order valence-electron chi connectivity index (χ2n) is 5.71. The molecule has 1 aromatic heterocycles. The van der Waals surface area contributed by atoms with Gasteiger partial charge in [-0.1, -0.05) is 12.2 Å². The molecule has 2 aliphatic rings. The number of carbonyl (C=O) groups excluding carboxylic acids is 1. The molecule has 2 N–H and O–H groups in total. The van der Waals surface area contributed by atoms with Crippen LogP contribution in [0.25, 0.3) is 0 Å². The highest BCUT2D eigenvalue weighted by atomic mass is 16.5. The predicted octanol–water partition coefficient (Wildman–Crippen LogP) is 1.11. The number of methoxy groups -OCH3 is 1. The standard InChI is InChI=1S/C16H18N2O5/c1-22-12-5-13(18-14(6-12)16(20)21)15(19)17-7-9-2-3-11-4-10(9)8-23-11/h2-3,5-6,9-11H,4,7-8H2,1H3,(H,17,19)(H,20,21)/t9-,10+,11-/m0/s1. The van der Waals surface area contributed by atoms with Crippen LogP contribution in [-0.2, 0) is 4.74 Å². The minimum Gasteiger partial charge on any atom is -0.497 e. The molecular formula is C16H18N2O5. The topological polar surface area (TPSA) is 97.8 Å².